The Morgan fingerprint density at radius 1 is 0.960 bits per heavy atom. The fourth-order valence-corrected chi connectivity index (χ4v) is 2.51. The minimum atomic E-state index is -0.494. The van der Waals surface area contributed by atoms with Gasteiger partial charge < -0.3 is 14.2 Å². The van der Waals surface area contributed by atoms with Crippen molar-refractivity contribution in [2.24, 2.45) is 5.92 Å². The zero-order chi connectivity index (χ0) is 18.3. The Balaban J connectivity index is 1.95. The van der Waals surface area contributed by atoms with E-state index in [2.05, 4.69) is 18.7 Å². The van der Waals surface area contributed by atoms with Crippen molar-refractivity contribution in [3.8, 4) is 0 Å². The number of unbranched alkanes of at least 4 members (excludes halogenated alkanes) is 2. The van der Waals surface area contributed by atoms with Crippen LogP contribution in [0.25, 0.3) is 0 Å². The molecule has 1 saturated heterocycles. The summed E-state index contributed by atoms with van der Waals surface area (Å²) in [6, 6.07) is 0. The van der Waals surface area contributed by atoms with Crippen LogP contribution in [0.2, 0.25) is 0 Å². The van der Waals surface area contributed by atoms with Gasteiger partial charge in [0.25, 0.3) is 0 Å². The number of nitrogens with zero attached hydrogens (tertiary/aromatic N) is 1. The number of esters is 2. The molecular formula is C19H33NO5. The van der Waals surface area contributed by atoms with Gasteiger partial charge in [0, 0.05) is 25.2 Å². The largest absolute Gasteiger partial charge is 0.463 e. The first-order valence-corrected chi connectivity index (χ1v) is 9.39. The molecule has 0 N–H and O–H groups in total. The highest BCUT2D eigenvalue weighted by molar-refractivity contribution is 5.91. The second-order valence-corrected chi connectivity index (χ2v) is 6.72. The van der Waals surface area contributed by atoms with Gasteiger partial charge in [-0.25, -0.2) is 9.59 Å². The van der Waals surface area contributed by atoms with Gasteiger partial charge in [-0.1, -0.05) is 13.8 Å². The first-order valence-electron chi connectivity index (χ1n) is 9.39. The van der Waals surface area contributed by atoms with Crippen LogP contribution in [0, 0.1) is 5.92 Å². The number of hydrogen-bond acceptors (Lipinski definition) is 6. The molecule has 0 aromatic heterocycles. The second-order valence-electron chi connectivity index (χ2n) is 6.72. The Hall–Kier alpha value is -1.40. The van der Waals surface area contributed by atoms with Crippen LogP contribution in [0.5, 0.6) is 0 Å². The van der Waals surface area contributed by atoms with Crippen molar-refractivity contribution in [3.63, 3.8) is 0 Å². The lowest BCUT2D eigenvalue weighted by molar-refractivity contribution is -0.140. The molecule has 1 fully saturated rings. The molecule has 0 spiro atoms. The van der Waals surface area contributed by atoms with Crippen molar-refractivity contribution in [2.45, 2.75) is 46.0 Å². The van der Waals surface area contributed by atoms with E-state index in [0.29, 0.717) is 19.1 Å². The van der Waals surface area contributed by atoms with Gasteiger partial charge in [0.2, 0.25) is 0 Å². The minimum Gasteiger partial charge on any atom is -0.463 e. The van der Waals surface area contributed by atoms with Gasteiger partial charge in [0.05, 0.1) is 26.4 Å². The summed E-state index contributed by atoms with van der Waals surface area (Å²) in [6.07, 6.45) is 7.08. The van der Waals surface area contributed by atoms with Gasteiger partial charge in [-0.05, 0) is 44.6 Å². The Bertz CT molecular complexity index is 403. The van der Waals surface area contributed by atoms with Crippen LogP contribution in [0.3, 0.4) is 0 Å². The van der Waals surface area contributed by atoms with Crippen LogP contribution < -0.4 is 0 Å². The van der Waals surface area contributed by atoms with Crippen molar-refractivity contribution >= 4 is 11.9 Å². The van der Waals surface area contributed by atoms with E-state index in [1.165, 1.54) is 0 Å². The molecule has 0 bridgehead atoms. The van der Waals surface area contributed by atoms with E-state index in [-0.39, 0.29) is 0 Å². The predicted molar refractivity (Wildman–Crippen MR) is 96.2 cm³/mol. The molecule has 6 heteroatoms. The molecule has 0 atom stereocenters. The molecule has 0 radical (unpaired) electrons. The smallest absolute Gasteiger partial charge is 0.331 e. The highest BCUT2D eigenvalue weighted by Gasteiger charge is 2.09. The Kier molecular flexibility index (Phi) is 12.0. The lowest BCUT2D eigenvalue weighted by Gasteiger charge is -2.26. The van der Waals surface area contributed by atoms with Crippen molar-refractivity contribution in [2.75, 3.05) is 46.1 Å². The average Bonchev–Trinajstić information content (AvgIpc) is 2.60. The summed E-state index contributed by atoms with van der Waals surface area (Å²) in [5.74, 6) is -0.392. The van der Waals surface area contributed by atoms with Crippen molar-refractivity contribution < 1.29 is 23.8 Å². The summed E-state index contributed by atoms with van der Waals surface area (Å²) in [5.41, 5.74) is 0. The van der Waals surface area contributed by atoms with Gasteiger partial charge in [-0.15, -0.1) is 0 Å². The molecule has 144 valence electrons. The third kappa shape index (κ3) is 12.6. The summed E-state index contributed by atoms with van der Waals surface area (Å²) >= 11 is 0. The third-order valence-electron chi connectivity index (χ3n) is 3.99. The van der Waals surface area contributed by atoms with E-state index in [4.69, 9.17) is 14.2 Å². The number of carbonyl (C=O) groups excluding carboxylic acids is 2. The maximum Gasteiger partial charge on any atom is 0.331 e. The lowest BCUT2D eigenvalue weighted by Crippen LogP contribution is -2.36. The molecular weight excluding hydrogens is 322 g/mol. The molecule has 0 unspecified atom stereocenters. The standard InChI is InChI=1S/C19H33NO5/c1-17(2)7-6-14-25-19(22)9-8-18(21)24-13-5-3-4-10-20-11-15-23-16-12-20/h8-9,17H,3-7,10-16H2,1-2H3/b9-8+. The number of rotatable bonds is 12. The second kappa shape index (κ2) is 13.8. The quantitative estimate of drug-likeness (QED) is 0.305. The van der Waals surface area contributed by atoms with Crippen molar-refractivity contribution in [1.82, 2.24) is 4.90 Å². The highest BCUT2D eigenvalue weighted by Crippen LogP contribution is 2.04. The van der Waals surface area contributed by atoms with E-state index >= 15 is 0 Å². The number of hydrogen-bond donors (Lipinski definition) is 0. The maximum atomic E-state index is 11.5. The molecule has 0 aliphatic carbocycles. The Morgan fingerprint density at radius 3 is 2.16 bits per heavy atom. The summed E-state index contributed by atoms with van der Waals surface area (Å²) in [5, 5.41) is 0. The number of carbonyl (C=O) groups is 2. The lowest BCUT2D eigenvalue weighted by atomic mass is 10.1. The minimum absolute atomic E-state index is 0.385. The normalized spacial score (nSPS) is 15.6. The Labute approximate surface area is 151 Å². The zero-order valence-corrected chi connectivity index (χ0v) is 15.7. The summed E-state index contributed by atoms with van der Waals surface area (Å²) in [6.45, 7) is 9.75. The average molecular weight is 355 g/mol. The first kappa shape index (κ1) is 21.6. The van der Waals surface area contributed by atoms with Gasteiger partial charge >= 0.3 is 11.9 Å². The van der Waals surface area contributed by atoms with Crippen molar-refractivity contribution in [3.05, 3.63) is 12.2 Å². The molecule has 1 rings (SSSR count). The van der Waals surface area contributed by atoms with Gasteiger partial charge in [0.15, 0.2) is 0 Å². The molecule has 6 nitrogen and oxygen atoms in total. The molecule has 1 aliphatic heterocycles. The van der Waals surface area contributed by atoms with Crippen molar-refractivity contribution in [1.29, 1.82) is 0 Å². The summed E-state index contributed by atoms with van der Waals surface area (Å²) < 4.78 is 15.4. The zero-order valence-electron chi connectivity index (χ0n) is 15.7. The van der Waals surface area contributed by atoms with Crippen LogP contribution in [-0.4, -0.2) is 62.9 Å². The van der Waals surface area contributed by atoms with E-state index in [0.717, 1.165) is 77.1 Å². The van der Waals surface area contributed by atoms with Crippen LogP contribution in [0.1, 0.15) is 46.0 Å². The van der Waals surface area contributed by atoms with Crippen LogP contribution >= 0.6 is 0 Å². The van der Waals surface area contributed by atoms with E-state index in [9.17, 15) is 9.59 Å². The van der Waals surface area contributed by atoms with Gasteiger partial charge in [0.1, 0.15) is 0 Å². The fourth-order valence-electron chi connectivity index (χ4n) is 2.51. The first-order chi connectivity index (χ1) is 12.1. The molecule has 1 aliphatic rings. The molecule has 0 saturated carbocycles. The monoisotopic (exact) mass is 355 g/mol. The summed E-state index contributed by atoms with van der Waals surface area (Å²) in [4.78, 5) is 25.3. The van der Waals surface area contributed by atoms with E-state index < -0.39 is 11.9 Å². The molecule has 25 heavy (non-hydrogen) atoms. The molecule has 1 heterocycles. The van der Waals surface area contributed by atoms with Crippen LogP contribution in [0.4, 0.5) is 0 Å². The maximum absolute atomic E-state index is 11.5. The van der Waals surface area contributed by atoms with Gasteiger partial charge in [-0.3, -0.25) is 4.90 Å². The van der Waals surface area contributed by atoms with Crippen LogP contribution in [-0.2, 0) is 23.8 Å². The SMILES string of the molecule is CC(C)CCCOC(=O)/C=C/C(=O)OCCCCCN1CCOCC1. The van der Waals surface area contributed by atoms with E-state index in [1.807, 2.05) is 0 Å². The highest BCUT2D eigenvalue weighted by atomic mass is 16.5. The fraction of sp³-hybridized carbons (Fsp3) is 0.789. The third-order valence-corrected chi connectivity index (χ3v) is 3.99. The summed E-state index contributed by atoms with van der Waals surface area (Å²) in [7, 11) is 0. The molecule has 0 aromatic carbocycles. The van der Waals surface area contributed by atoms with Crippen LogP contribution in [0.15, 0.2) is 12.2 Å². The number of morpholine rings is 1. The Morgan fingerprint density at radius 2 is 1.56 bits per heavy atom. The van der Waals surface area contributed by atoms with E-state index in [1.54, 1.807) is 0 Å². The predicted octanol–water partition coefficient (Wildman–Crippen LogP) is 2.57. The number of ether oxygens (including phenoxy) is 3. The molecule has 0 aromatic rings. The molecule has 0 amide bonds. The topological polar surface area (TPSA) is 65.1 Å². The van der Waals surface area contributed by atoms with Gasteiger partial charge in [-0.2, -0.15) is 0 Å².